The van der Waals surface area contributed by atoms with Gasteiger partial charge in [0.05, 0.1) is 24.3 Å². The Kier molecular flexibility index (Phi) is 5.38. The van der Waals surface area contributed by atoms with E-state index < -0.39 is 5.82 Å². The van der Waals surface area contributed by atoms with Crippen LogP contribution in [-0.2, 0) is 0 Å². The Morgan fingerprint density at radius 1 is 1.03 bits per heavy atom. The van der Waals surface area contributed by atoms with Gasteiger partial charge in [-0.2, -0.15) is 0 Å². The minimum absolute atomic E-state index is 0.0299. The van der Waals surface area contributed by atoms with Gasteiger partial charge in [0.15, 0.2) is 0 Å². The zero-order chi connectivity index (χ0) is 22.1. The maximum atomic E-state index is 14.4. The highest BCUT2D eigenvalue weighted by Crippen LogP contribution is 2.47. The highest BCUT2D eigenvalue weighted by molar-refractivity contribution is 5.95. The second-order valence-corrected chi connectivity index (χ2v) is 8.23. The Hall–Kier alpha value is -3.62. The van der Waals surface area contributed by atoms with Crippen LogP contribution in [-0.4, -0.2) is 35.1 Å². The van der Waals surface area contributed by atoms with E-state index in [-0.39, 0.29) is 36.1 Å². The van der Waals surface area contributed by atoms with Crippen LogP contribution < -0.4 is 5.32 Å². The zero-order valence-corrected chi connectivity index (χ0v) is 17.5. The average molecular weight is 426 g/mol. The Labute approximate surface area is 186 Å². The number of benzene rings is 3. The number of halogens is 1. The number of aliphatic hydroxyl groups excluding tert-OH is 1. The van der Waals surface area contributed by atoms with E-state index in [1.807, 2.05) is 48.5 Å². The van der Waals surface area contributed by atoms with E-state index in [1.54, 1.807) is 17.0 Å². The summed E-state index contributed by atoms with van der Waals surface area (Å²) in [6, 6.07) is 21.4. The predicted octanol–water partition coefficient (Wildman–Crippen LogP) is 4.22. The summed E-state index contributed by atoms with van der Waals surface area (Å²) < 4.78 is 14.4. The summed E-state index contributed by atoms with van der Waals surface area (Å²) in [5.41, 5.74) is 3.69. The molecule has 0 spiro atoms. The highest BCUT2D eigenvalue weighted by Gasteiger charge is 2.46. The van der Waals surface area contributed by atoms with Gasteiger partial charge in [-0.05, 0) is 54.4 Å². The largest absolute Gasteiger partial charge is 0.394 e. The number of hydrogen-bond donors (Lipinski definition) is 2. The Bertz CT molecular complexity index is 1220. The van der Waals surface area contributed by atoms with Crippen LogP contribution in [0.25, 0.3) is 0 Å². The lowest BCUT2D eigenvalue weighted by molar-refractivity contribution is 0.0696. The van der Waals surface area contributed by atoms with E-state index >= 15 is 0 Å². The van der Waals surface area contributed by atoms with Gasteiger partial charge in [0, 0.05) is 29.3 Å². The molecule has 4 nitrogen and oxygen atoms in total. The van der Waals surface area contributed by atoms with Crippen LogP contribution in [0.1, 0.15) is 39.5 Å². The third-order valence-electron chi connectivity index (χ3n) is 6.36. The molecule has 5 heteroatoms. The summed E-state index contributed by atoms with van der Waals surface area (Å²) >= 11 is 0. The van der Waals surface area contributed by atoms with Gasteiger partial charge in [0.1, 0.15) is 5.82 Å². The molecule has 3 aromatic carbocycles. The molecule has 2 heterocycles. The second-order valence-electron chi connectivity index (χ2n) is 8.23. The average Bonchev–Trinajstić information content (AvgIpc) is 3.28. The molecule has 1 fully saturated rings. The number of fused-ring (bicyclic) bond motifs is 3. The number of amides is 1. The molecule has 160 valence electrons. The quantitative estimate of drug-likeness (QED) is 0.604. The number of rotatable bonds is 2. The maximum absolute atomic E-state index is 14.4. The fraction of sp³-hybridized carbons (Fsp3) is 0.222. The number of hydrogen-bond acceptors (Lipinski definition) is 3. The van der Waals surface area contributed by atoms with Gasteiger partial charge in [-0.15, -0.1) is 0 Å². The van der Waals surface area contributed by atoms with E-state index in [0.717, 1.165) is 28.8 Å². The molecule has 0 radical (unpaired) electrons. The Morgan fingerprint density at radius 2 is 1.78 bits per heavy atom. The van der Waals surface area contributed by atoms with Crippen molar-refractivity contribution in [2.24, 2.45) is 5.92 Å². The van der Waals surface area contributed by atoms with Gasteiger partial charge in [-0.3, -0.25) is 4.79 Å². The molecular formula is C27H23FN2O2. The van der Waals surface area contributed by atoms with Crippen molar-refractivity contribution in [3.8, 4) is 11.8 Å². The molecule has 0 aliphatic carbocycles. The lowest BCUT2D eigenvalue weighted by atomic mass is 9.82. The summed E-state index contributed by atoms with van der Waals surface area (Å²) in [6.45, 7) is 0.484. The molecule has 0 saturated carbocycles. The number of nitrogens with zero attached hydrogens (tertiary/aromatic N) is 1. The number of aliphatic hydroxyl groups is 1. The second kappa shape index (κ2) is 8.49. The maximum Gasteiger partial charge on any atom is 0.257 e. The molecule has 0 aromatic heterocycles. The fourth-order valence-electron chi connectivity index (χ4n) is 4.82. The molecule has 2 N–H and O–H groups in total. The summed E-state index contributed by atoms with van der Waals surface area (Å²) in [5, 5.41) is 13.4. The number of nitrogens with one attached hydrogen (secondary N) is 1. The van der Waals surface area contributed by atoms with Crippen LogP contribution in [0.15, 0.2) is 72.8 Å². The first-order valence-electron chi connectivity index (χ1n) is 10.8. The van der Waals surface area contributed by atoms with Crippen LogP contribution in [0.5, 0.6) is 0 Å². The smallest absolute Gasteiger partial charge is 0.257 e. The summed E-state index contributed by atoms with van der Waals surface area (Å²) in [7, 11) is 0. The first kappa shape index (κ1) is 20.3. The molecule has 5 rings (SSSR count). The molecule has 0 bridgehead atoms. The van der Waals surface area contributed by atoms with Gasteiger partial charge in [-0.1, -0.05) is 42.2 Å². The van der Waals surface area contributed by atoms with E-state index in [2.05, 4.69) is 17.2 Å². The Morgan fingerprint density at radius 3 is 2.56 bits per heavy atom. The van der Waals surface area contributed by atoms with Crippen molar-refractivity contribution in [1.29, 1.82) is 0 Å². The van der Waals surface area contributed by atoms with E-state index in [9.17, 15) is 14.3 Å². The van der Waals surface area contributed by atoms with Crippen LogP contribution >= 0.6 is 0 Å². The van der Waals surface area contributed by atoms with E-state index in [4.69, 9.17) is 0 Å². The normalized spacial score (nSPS) is 21.1. The standard InChI is InChI=1S/C27H23FN2O2/c28-23-9-5-4-8-20(23)27(32)30-15-14-21-25(17-31)29-24-13-12-19(16-22(24)26(21)30)11-10-18-6-2-1-3-7-18/h1-9,12-13,16,21,25-26,29,31H,14-15,17H2/t21-,25+,26-/m0/s1. The SMILES string of the molecule is O=C(c1ccccc1F)N1CC[C@@H]2[C@H]1c1cc(C#Cc3ccccc3)ccc1N[C@@H]2CO. The van der Waals surface area contributed by atoms with Gasteiger partial charge >= 0.3 is 0 Å². The van der Waals surface area contributed by atoms with Crippen molar-refractivity contribution in [2.45, 2.75) is 18.5 Å². The first-order valence-corrected chi connectivity index (χ1v) is 10.8. The number of anilines is 1. The minimum atomic E-state index is -0.517. The predicted molar refractivity (Wildman–Crippen MR) is 122 cm³/mol. The summed E-state index contributed by atoms with van der Waals surface area (Å²) in [5.74, 6) is 5.59. The molecule has 1 amide bonds. The number of carbonyl (C=O) groups excluding carboxylic acids is 1. The lowest BCUT2D eigenvalue weighted by Gasteiger charge is -2.39. The molecule has 2 aliphatic rings. The third-order valence-corrected chi connectivity index (χ3v) is 6.36. The highest BCUT2D eigenvalue weighted by atomic mass is 19.1. The first-order chi connectivity index (χ1) is 15.7. The van der Waals surface area contributed by atoms with Crippen molar-refractivity contribution in [3.05, 3.63) is 101 Å². The molecular weight excluding hydrogens is 403 g/mol. The van der Waals surface area contributed by atoms with E-state index in [0.29, 0.717) is 6.54 Å². The monoisotopic (exact) mass is 426 g/mol. The fourth-order valence-corrected chi connectivity index (χ4v) is 4.82. The number of likely N-dealkylation sites (tertiary alicyclic amines) is 1. The third kappa shape index (κ3) is 3.63. The van der Waals surface area contributed by atoms with Crippen LogP contribution in [0, 0.1) is 23.6 Å². The van der Waals surface area contributed by atoms with Gasteiger partial charge < -0.3 is 15.3 Å². The van der Waals surface area contributed by atoms with Crippen molar-refractivity contribution >= 4 is 11.6 Å². The van der Waals surface area contributed by atoms with Gasteiger partial charge in [-0.25, -0.2) is 4.39 Å². The topological polar surface area (TPSA) is 52.6 Å². The van der Waals surface area contributed by atoms with Crippen molar-refractivity contribution in [3.63, 3.8) is 0 Å². The molecule has 1 saturated heterocycles. The molecule has 2 aliphatic heterocycles. The van der Waals surface area contributed by atoms with Crippen molar-refractivity contribution in [1.82, 2.24) is 4.90 Å². The van der Waals surface area contributed by atoms with Crippen molar-refractivity contribution in [2.75, 3.05) is 18.5 Å². The van der Waals surface area contributed by atoms with E-state index in [1.165, 1.54) is 12.1 Å². The Balaban J connectivity index is 1.53. The lowest BCUT2D eigenvalue weighted by Crippen LogP contribution is -2.43. The number of carbonyl (C=O) groups is 1. The van der Waals surface area contributed by atoms with Gasteiger partial charge in [0.2, 0.25) is 0 Å². The zero-order valence-electron chi connectivity index (χ0n) is 17.5. The van der Waals surface area contributed by atoms with Crippen molar-refractivity contribution < 1.29 is 14.3 Å². The molecule has 3 atom stereocenters. The summed E-state index contributed by atoms with van der Waals surface area (Å²) in [4.78, 5) is 15.0. The van der Waals surface area contributed by atoms with Crippen LogP contribution in [0.3, 0.4) is 0 Å². The molecule has 0 unspecified atom stereocenters. The molecule has 3 aromatic rings. The van der Waals surface area contributed by atoms with Crippen LogP contribution in [0.2, 0.25) is 0 Å². The van der Waals surface area contributed by atoms with Crippen LogP contribution in [0.4, 0.5) is 10.1 Å². The molecule has 32 heavy (non-hydrogen) atoms. The minimum Gasteiger partial charge on any atom is -0.394 e. The van der Waals surface area contributed by atoms with Gasteiger partial charge in [0.25, 0.3) is 5.91 Å². The summed E-state index contributed by atoms with van der Waals surface area (Å²) in [6.07, 6.45) is 0.739.